The molecule has 0 saturated carbocycles. The molecular weight excluding hydrogens is 224 g/mol. The molecule has 1 aromatic heterocycles. The number of hydrogen-bond acceptors (Lipinski definition) is 3. The third-order valence-corrected chi connectivity index (χ3v) is 2.46. The van der Waals surface area contributed by atoms with E-state index in [-0.39, 0.29) is 5.15 Å². The van der Waals surface area contributed by atoms with Crippen molar-refractivity contribution >= 4 is 22.5 Å². The first-order valence-electron chi connectivity index (χ1n) is 4.88. The summed E-state index contributed by atoms with van der Waals surface area (Å²) in [6.45, 7) is 2.53. The van der Waals surface area contributed by atoms with Crippen molar-refractivity contribution in [1.82, 2.24) is 4.98 Å². The van der Waals surface area contributed by atoms with Crippen LogP contribution in [0.2, 0.25) is 5.15 Å². The highest BCUT2D eigenvalue weighted by atomic mass is 35.5. The molecular formula is C12H9ClN2O. The van der Waals surface area contributed by atoms with Crippen LogP contribution in [0.1, 0.15) is 12.5 Å². The van der Waals surface area contributed by atoms with Crippen molar-refractivity contribution in [3.63, 3.8) is 0 Å². The van der Waals surface area contributed by atoms with Crippen molar-refractivity contribution in [3.05, 3.63) is 35.0 Å². The second kappa shape index (κ2) is 4.38. The summed E-state index contributed by atoms with van der Waals surface area (Å²) < 4.78 is 5.37. The minimum absolute atomic E-state index is 0.235. The summed E-state index contributed by atoms with van der Waals surface area (Å²) in [7, 11) is 0. The van der Waals surface area contributed by atoms with Crippen LogP contribution >= 0.6 is 11.6 Å². The molecule has 16 heavy (non-hydrogen) atoms. The summed E-state index contributed by atoms with van der Waals surface area (Å²) in [5.41, 5.74) is 1.13. The second-order valence-corrected chi connectivity index (χ2v) is 3.58. The van der Waals surface area contributed by atoms with Crippen LogP contribution in [0.25, 0.3) is 10.9 Å². The molecule has 1 aromatic carbocycles. The maximum atomic E-state index is 8.84. The van der Waals surface area contributed by atoms with Gasteiger partial charge >= 0.3 is 0 Å². The molecule has 4 heteroatoms. The predicted molar refractivity (Wildman–Crippen MR) is 62.6 cm³/mol. The van der Waals surface area contributed by atoms with Gasteiger partial charge in [0.15, 0.2) is 0 Å². The number of rotatable bonds is 2. The quantitative estimate of drug-likeness (QED) is 0.748. The molecule has 0 saturated heterocycles. The van der Waals surface area contributed by atoms with E-state index in [1.54, 1.807) is 6.07 Å². The van der Waals surface area contributed by atoms with Gasteiger partial charge in [-0.3, -0.25) is 0 Å². The molecule has 0 aliphatic carbocycles. The van der Waals surface area contributed by atoms with Gasteiger partial charge in [0, 0.05) is 5.39 Å². The van der Waals surface area contributed by atoms with Crippen LogP contribution in [0.5, 0.6) is 5.75 Å². The predicted octanol–water partition coefficient (Wildman–Crippen LogP) is 3.16. The zero-order valence-electron chi connectivity index (χ0n) is 8.70. The number of pyridine rings is 1. The van der Waals surface area contributed by atoms with Gasteiger partial charge in [-0.05, 0) is 31.2 Å². The zero-order valence-corrected chi connectivity index (χ0v) is 9.45. The van der Waals surface area contributed by atoms with E-state index in [4.69, 9.17) is 21.6 Å². The molecule has 0 radical (unpaired) electrons. The minimum Gasteiger partial charge on any atom is -0.494 e. The van der Waals surface area contributed by atoms with E-state index in [0.29, 0.717) is 12.2 Å². The summed E-state index contributed by atoms with van der Waals surface area (Å²) in [5.74, 6) is 0.767. The number of aromatic nitrogens is 1. The van der Waals surface area contributed by atoms with E-state index in [9.17, 15) is 0 Å². The molecule has 0 spiro atoms. The molecule has 0 fully saturated rings. The molecule has 3 nitrogen and oxygen atoms in total. The van der Waals surface area contributed by atoms with Gasteiger partial charge in [0.25, 0.3) is 0 Å². The van der Waals surface area contributed by atoms with Crippen molar-refractivity contribution in [2.24, 2.45) is 0 Å². The Hall–Kier alpha value is -1.79. The van der Waals surface area contributed by atoms with Crippen LogP contribution in [-0.2, 0) is 0 Å². The highest BCUT2D eigenvalue weighted by molar-refractivity contribution is 6.31. The molecule has 2 rings (SSSR count). The summed E-state index contributed by atoms with van der Waals surface area (Å²) in [5, 5.41) is 9.93. The van der Waals surface area contributed by atoms with E-state index < -0.39 is 0 Å². The molecule has 0 atom stereocenters. The van der Waals surface area contributed by atoms with Crippen LogP contribution in [0.4, 0.5) is 0 Å². The normalized spacial score (nSPS) is 10.1. The maximum absolute atomic E-state index is 8.84. The van der Waals surface area contributed by atoms with Crippen molar-refractivity contribution in [3.8, 4) is 11.8 Å². The Morgan fingerprint density at radius 2 is 2.25 bits per heavy atom. The standard InChI is InChI=1S/C12H9ClN2O/c1-2-16-10-3-4-11-8(6-10)5-9(7-14)12(13)15-11/h3-6H,2H2,1H3. The van der Waals surface area contributed by atoms with Crippen LogP contribution in [0.15, 0.2) is 24.3 Å². The SMILES string of the molecule is CCOc1ccc2nc(Cl)c(C#N)cc2c1. The molecule has 1 heterocycles. The number of hydrogen-bond donors (Lipinski definition) is 0. The highest BCUT2D eigenvalue weighted by Gasteiger charge is 2.05. The number of halogens is 1. The van der Waals surface area contributed by atoms with Gasteiger partial charge in [0.1, 0.15) is 17.0 Å². The Balaban J connectivity index is 2.60. The Morgan fingerprint density at radius 1 is 1.44 bits per heavy atom. The van der Waals surface area contributed by atoms with Crippen LogP contribution in [0, 0.1) is 11.3 Å². The van der Waals surface area contributed by atoms with E-state index in [0.717, 1.165) is 16.7 Å². The first kappa shape index (κ1) is 10.7. The third-order valence-electron chi connectivity index (χ3n) is 2.17. The van der Waals surface area contributed by atoms with Crippen molar-refractivity contribution in [1.29, 1.82) is 5.26 Å². The van der Waals surface area contributed by atoms with Crippen molar-refractivity contribution in [2.45, 2.75) is 6.92 Å². The number of benzene rings is 1. The summed E-state index contributed by atoms with van der Waals surface area (Å²) in [4.78, 5) is 4.14. The lowest BCUT2D eigenvalue weighted by molar-refractivity contribution is 0.340. The molecule has 0 N–H and O–H groups in total. The van der Waals surface area contributed by atoms with Gasteiger partial charge in [-0.2, -0.15) is 5.26 Å². The average Bonchev–Trinajstić information content (AvgIpc) is 2.29. The number of nitriles is 1. The molecule has 0 aliphatic rings. The van der Waals surface area contributed by atoms with E-state index in [1.807, 2.05) is 31.2 Å². The number of nitrogens with zero attached hydrogens (tertiary/aromatic N) is 2. The van der Waals surface area contributed by atoms with E-state index in [2.05, 4.69) is 4.98 Å². The van der Waals surface area contributed by atoms with Gasteiger partial charge in [-0.1, -0.05) is 11.6 Å². The highest BCUT2D eigenvalue weighted by Crippen LogP contribution is 2.23. The smallest absolute Gasteiger partial charge is 0.147 e. The third kappa shape index (κ3) is 1.93. The number of fused-ring (bicyclic) bond motifs is 1. The fourth-order valence-electron chi connectivity index (χ4n) is 1.47. The summed E-state index contributed by atoms with van der Waals surface area (Å²) in [6.07, 6.45) is 0. The Morgan fingerprint density at radius 3 is 2.94 bits per heavy atom. The van der Waals surface area contributed by atoms with Crippen LogP contribution < -0.4 is 4.74 Å². The Kier molecular flexibility index (Phi) is 2.93. The molecule has 0 unspecified atom stereocenters. The van der Waals surface area contributed by atoms with Gasteiger partial charge < -0.3 is 4.74 Å². The van der Waals surface area contributed by atoms with Crippen LogP contribution in [0.3, 0.4) is 0 Å². The largest absolute Gasteiger partial charge is 0.494 e. The summed E-state index contributed by atoms with van der Waals surface area (Å²) >= 11 is 5.84. The molecule has 0 aliphatic heterocycles. The summed E-state index contributed by atoms with van der Waals surface area (Å²) in [6, 6.07) is 9.23. The average molecular weight is 233 g/mol. The molecule has 0 bridgehead atoms. The van der Waals surface area contributed by atoms with Crippen molar-refractivity contribution < 1.29 is 4.74 Å². The first-order valence-corrected chi connectivity index (χ1v) is 5.25. The Labute approximate surface area is 98.2 Å². The lowest BCUT2D eigenvalue weighted by Gasteiger charge is -2.05. The maximum Gasteiger partial charge on any atom is 0.147 e. The molecule has 0 amide bonds. The van der Waals surface area contributed by atoms with Gasteiger partial charge in [-0.15, -0.1) is 0 Å². The fraction of sp³-hybridized carbons (Fsp3) is 0.167. The van der Waals surface area contributed by atoms with E-state index >= 15 is 0 Å². The van der Waals surface area contributed by atoms with Gasteiger partial charge in [0.05, 0.1) is 17.7 Å². The molecule has 80 valence electrons. The molecule has 2 aromatic rings. The first-order chi connectivity index (χ1) is 7.74. The Bertz CT molecular complexity index is 575. The van der Waals surface area contributed by atoms with Crippen LogP contribution in [-0.4, -0.2) is 11.6 Å². The van der Waals surface area contributed by atoms with Gasteiger partial charge in [-0.25, -0.2) is 4.98 Å². The fourth-order valence-corrected chi connectivity index (χ4v) is 1.65. The zero-order chi connectivity index (χ0) is 11.5. The monoisotopic (exact) mass is 232 g/mol. The van der Waals surface area contributed by atoms with Crippen molar-refractivity contribution in [2.75, 3.05) is 6.61 Å². The lowest BCUT2D eigenvalue weighted by atomic mass is 10.1. The topological polar surface area (TPSA) is 45.9 Å². The van der Waals surface area contributed by atoms with E-state index in [1.165, 1.54) is 0 Å². The minimum atomic E-state index is 0.235. The number of ether oxygens (including phenoxy) is 1. The lowest BCUT2D eigenvalue weighted by Crippen LogP contribution is -1.92. The second-order valence-electron chi connectivity index (χ2n) is 3.23. The van der Waals surface area contributed by atoms with Gasteiger partial charge in [0.2, 0.25) is 0 Å².